The number of nitrogens with two attached hydrogens (primary N) is 2. The van der Waals surface area contributed by atoms with Crippen LogP contribution < -0.4 is 11.1 Å². The molecule has 1 rings (SSSR count). The number of rotatable bonds is 5. The van der Waals surface area contributed by atoms with Crippen LogP contribution >= 0.6 is 11.8 Å². The Hall–Kier alpha value is -2.44. The predicted octanol–water partition coefficient (Wildman–Crippen LogP) is -0.978. The Kier molecular flexibility index (Phi) is 9.30. The number of benzene rings is 1. The number of nitrogens with zero attached hydrogens (tertiary/aromatic N) is 1. The molecule has 0 saturated heterocycles. The Labute approximate surface area is 142 Å². The van der Waals surface area contributed by atoms with Gasteiger partial charge in [0, 0.05) is 24.0 Å². The maximum absolute atomic E-state index is 10.5. The number of carbonyl (C=O) groups is 1. The highest BCUT2D eigenvalue weighted by atomic mass is 32.2. The van der Waals surface area contributed by atoms with E-state index < -0.39 is 19.9 Å². The number of hydrogen-bond donors (Lipinski definition) is 2. The van der Waals surface area contributed by atoms with E-state index in [0.29, 0.717) is 10.9 Å². The van der Waals surface area contributed by atoms with Gasteiger partial charge in [-0.25, -0.2) is 13.2 Å². The van der Waals surface area contributed by atoms with E-state index in [2.05, 4.69) is 4.74 Å². The van der Waals surface area contributed by atoms with Crippen molar-refractivity contribution in [2.75, 3.05) is 12.9 Å². The molecular formula is C12H15N3O7S2. The van der Waals surface area contributed by atoms with Gasteiger partial charge in [-0.05, 0) is 23.9 Å². The van der Waals surface area contributed by atoms with E-state index in [0.717, 1.165) is 24.3 Å². The molecule has 132 valence electrons. The lowest BCUT2D eigenvalue weighted by Crippen LogP contribution is -2.43. The number of amidine groups is 1. The molecule has 0 atom stereocenters. The standard InChI is InChI=1S/C6H10N2O2S.C6H5NO5S/c1-10-5(9)3-2-4-11-6(7)8;8-7(9)5-1-3-6(4-2-5)13(10,11)12/h2-3H,4H2,1H3,(H3,7,8);1-4H,(H,10,11,12)/b3-2+;. The number of methoxy groups -OCH3 is 1. The highest BCUT2D eigenvalue weighted by Crippen LogP contribution is 2.14. The molecule has 1 aromatic rings. The summed E-state index contributed by atoms with van der Waals surface area (Å²) in [5.41, 5.74) is 4.89. The minimum absolute atomic E-state index is 0.257. The van der Waals surface area contributed by atoms with Gasteiger partial charge in [0.1, 0.15) is 10.1 Å². The fourth-order valence-corrected chi connectivity index (χ4v) is 1.95. The summed E-state index contributed by atoms with van der Waals surface area (Å²) in [5.74, 6) is 0.207. The molecule has 0 radical (unpaired) electrons. The van der Waals surface area contributed by atoms with Gasteiger partial charge in [-0.3, -0.25) is 21.3 Å². The number of thioether (sulfide) groups is 1. The molecule has 0 saturated carbocycles. The van der Waals surface area contributed by atoms with Crippen molar-refractivity contribution in [3.8, 4) is 0 Å². The van der Waals surface area contributed by atoms with Crippen LogP contribution in [0.1, 0.15) is 0 Å². The average molecular weight is 377 g/mol. The number of ether oxygens (including phenoxy) is 1. The van der Waals surface area contributed by atoms with Crippen LogP contribution in [0.2, 0.25) is 0 Å². The van der Waals surface area contributed by atoms with Crippen LogP contribution in [0.25, 0.3) is 0 Å². The third kappa shape index (κ3) is 9.55. The summed E-state index contributed by atoms with van der Waals surface area (Å²) in [5, 5.41) is 15.6. The summed E-state index contributed by atoms with van der Waals surface area (Å²) >= 11 is 1.26. The first-order chi connectivity index (χ1) is 11.1. The molecule has 0 fully saturated rings. The molecule has 0 amide bonds. The number of carbonyl (C=O) groups excluding carboxylic acids is 1. The van der Waals surface area contributed by atoms with E-state index in [4.69, 9.17) is 11.1 Å². The van der Waals surface area contributed by atoms with Gasteiger partial charge < -0.3 is 9.29 Å². The molecule has 0 aromatic heterocycles. The lowest BCUT2D eigenvalue weighted by atomic mass is 10.3. The monoisotopic (exact) mass is 377 g/mol. The minimum Gasteiger partial charge on any atom is -0.744 e. The van der Waals surface area contributed by atoms with Crippen molar-refractivity contribution < 1.29 is 32.8 Å². The molecule has 1 aromatic carbocycles. The summed E-state index contributed by atoms with van der Waals surface area (Å²) in [6, 6.07) is 3.73. The van der Waals surface area contributed by atoms with Gasteiger partial charge in [0.05, 0.1) is 16.9 Å². The van der Waals surface area contributed by atoms with Crippen molar-refractivity contribution in [1.29, 1.82) is 0 Å². The molecule has 0 bridgehead atoms. The van der Waals surface area contributed by atoms with Gasteiger partial charge in [0.2, 0.25) is 0 Å². The van der Waals surface area contributed by atoms with Crippen LogP contribution in [-0.4, -0.2) is 41.9 Å². The Morgan fingerprint density at radius 1 is 1.42 bits per heavy atom. The second-order valence-electron chi connectivity index (χ2n) is 3.84. The second-order valence-corrected chi connectivity index (χ2v) is 6.32. The molecule has 0 aliphatic carbocycles. The summed E-state index contributed by atoms with van der Waals surface area (Å²) in [6.45, 7) is 0. The average Bonchev–Trinajstić information content (AvgIpc) is 2.51. The minimum atomic E-state index is -4.52. The predicted molar refractivity (Wildman–Crippen MR) is 85.8 cm³/mol. The van der Waals surface area contributed by atoms with E-state index >= 15 is 0 Å². The number of esters is 1. The maximum atomic E-state index is 10.5. The van der Waals surface area contributed by atoms with Gasteiger partial charge in [-0.15, -0.1) is 0 Å². The highest BCUT2D eigenvalue weighted by Gasteiger charge is 2.06. The molecule has 24 heavy (non-hydrogen) atoms. The van der Waals surface area contributed by atoms with Crippen molar-refractivity contribution in [3.63, 3.8) is 0 Å². The third-order valence-corrected chi connectivity index (χ3v) is 3.68. The first-order valence-corrected chi connectivity index (χ1v) is 8.42. The van der Waals surface area contributed by atoms with Crippen LogP contribution in [0.5, 0.6) is 0 Å². The van der Waals surface area contributed by atoms with E-state index in [1.807, 2.05) is 0 Å². The summed E-state index contributed by atoms with van der Waals surface area (Å²) in [6.07, 6.45) is 2.96. The van der Waals surface area contributed by atoms with E-state index in [1.165, 1.54) is 24.9 Å². The van der Waals surface area contributed by atoms with Gasteiger partial charge in [0.25, 0.3) is 10.9 Å². The zero-order valence-corrected chi connectivity index (χ0v) is 14.1. The smallest absolute Gasteiger partial charge is 0.330 e. The van der Waals surface area contributed by atoms with Crippen LogP contribution in [0.4, 0.5) is 5.69 Å². The fraction of sp³-hybridized carbons (Fsp3) is 0.167. The van der Waals surface area contributed by atoms with Gasteiger partial charge >= 0.3 is 5.97 Å². The van der Waals surface area contributed by atoms with Crippen molar-refractivity contribution in [3.05, 3.63) is 46.5 Å². The Balaban J connectivity index is 0.000000449. The zero-order chi connectivity index (χ0) is 18.8. The summed E-state index contributed by atoms with van der Waals surface area (Å²) < 4.78 is 35.5. The Bertz CT molecular complexity index is 715. The molecule has 0 aliphatic heterocycles. The normalized spacial score (nSPS) is 10.6. The van der Waals surface area contributed by atoms with Gasteiger partial charge in [-0.2, -0.15) is 0 Å². The van der Waals surface area contributed by atoms with Crippen molar-refractivity contribution >= 4 is 38.7 Å². The molecule has 10 nitrogen and oxygen atoms in total. The SMILES string of the molecule is COC(=O)/C=C/CSC(N)=[NH2+].O=[N+]([O-])c1ccc(S(=O)(=O)[O-])cc1. The van der Waals surface area contributed by atoms with Gasteiger partial charge in [-0.1, -0.05) is 6.08 Å². The van der Waals surface area contributed by atoms with Crippen LogP contribution in [0.3, 0.4) is 0 Å². The lowest BCUT2D eigenvalue weighted by Gasteiger charge is -2.04. The number of hydrogen-bond acceptors (Lipinski definition) is 8. The first-order valence-electron chi connectivity index (χ1n) is 6.03. The molecule has 12 heteroatoms. The molecule has 0 heterocycles. The van der Waals surface area contributed by atoms with E-state index in [1.54, 1.807) is 6.08 Å². The highest BCUT2D eigenvalue weighted by molar-refractivity contribution is 8.13. The first kappa shape index (κ1) is 21.6. The molecule has 0 spiro atoms. The third-order valence-electron chi connectivity index (χ3n) is 2.14. The number of nitro groups is 1. The largest absolute Gasteiger partial charge is 0.744 e. The van der Waals surface area contributed by atoms with Crippen LogP contribution in [0, 0.1) is 10.1 Å². The van der Waals surface area contributed by atoms with Crippen molar-refractivity contribution in [2.24, 2.45) is 5.73 Å². The number of non-ortho nitro benzene ring substituents is 1. The van der Waals surface area contributed by atoms with Crippen LogP contribution in [0.15, 0.2) is 41.3 Å². The fourth-order valence-electron chi connectivity index (χ4n) is 1.09. The number of nitro benzene ring substituents is 1. The molecule has 4 N–H and O–H groups in total. The van der Waals surface area contributed by atoms with Crippen LogP contribution in [-0.2, 0) is 19.6 Å². The van der Waals surface area contributed by atoms with Crippen molar-refractivity contribution in [1.82, 2.24) is 0 Å². The summed E-state index contributed by atoms with van der Waals surface area (Å²) in [4.78, 5) is 19.5. The topological polar surface area (TPSA) is 178 Å². The van der Waals surface area contributed by atoms with E-state index in [9.17, 15) is 27.9 Å². The van der Waals surface area contributed by atoms with Crippen molar-refractivity contribution in [2.45, 2.75) is 4.90 Å². The van der Waals surface area contributed by atoms with E-state index in [-0.39, 0.29) is 11.7 Å². The van der Waals surface area contributed by atoms with Gasteiger partial charge in [0.15, 0.2) is 0 Å². The Morgan fingerprint density at radius 3 is 2.33 bits per heavy atom. The maximum Gasteiger partial charge on any atom is 0.330 e. The molecule has 0 aliphatic rings. The summed E-state index contributed by atoms with van der Waals surface area (Å²) in [7, 11) is -3.20. The second kappa shape index (κ2) is 10.4. The molecular weight excluding hydrogens is 362 g/mol. The Morgan fingerprint density at radius 2 is 1.96 bits per heavy atom. The lowest BCUT2D eigenvalue weighted by molar-refractivity contribution is -0.384. The zero-order valence-electron chi connectivity index (χ0n) is 12.4. The quantitative estimate of drug-likeness (QED) is 0.124. The molecule has 0 unspecified atom stereocenters.